The monoisotopic (exact) mass is 224 g/mol. The molecule has 0 aliphatic carbocycles. The molecule has 1 saturated heterocycles. The van der Waals surface area contributed by atoms with E-state index in [0.29, 0.717) is 13.1 Å². The molecule has 16 heavy (non-hydrogen) atoms. The fourth-order valence-corrected chi connectivity index (χ4v) is 2.21. The largest absolute Gasteiger partial charge is 0.481 e. The Hall–Kier alpha value is -1.36. The molecule has 0 bridgehead atoms. The predicted molar refractivity (Wildman–Crippen MR) is 56.8 cm³/mol. The van der Waals surface area contributed by atoms with Crippen molar-refractivity contribution in [1.82, 2.24) is 9.88 Å². The van der Waals surface area contributed by atoms with Crippen LogP contribution in [0.1, 0.15) is 18.4 Å². The lowest BCUT2D eigenvalue weighted by molar-refractivity contribution is -0.142. The number of carbonyl (C=O) groups is 1. The molecule has 1 aliphatic heterocycles. The van der Waals surface area contributed by atoms with Crippen molar-refractivity contribution in [2.45, 2.75) is 20.4 Å². The average Bonchev–Trinajstić information content (AvgIpc) is 2.75. The Morgan fingerprint density at radius 2 is 2.44 bits per heavy atom. The van der Waals surface area contributed by atoms with E-state index >= 15 is 0 Å². The van der Waals surface area contributed by atoms with Gasteiger partial charge < -0.3 is 9.52 Å². The number of rotatable bonds is 3. The van der Waals surface area contributed by atoms with Crippen LogP contribution in [0.2, 0.25) is 0 Å². The molecule has 0 aromatic carbocycles. The molecule has 5 heteroatoms. The fourth-order valence-electron chi connectivity index (χ4n) is 2.21. The molecule has 1 N–H and O–H groups in total. The molecule has 2 atom stereocenters. The highest BCUT2D eigenvalue weighted by Crippen LogP contribution is 2.24. The van der Waals surface area contributed by atoms with Crippen molar-refractivity contribution >= 4 is 5.97 Å². The van der Waals surface area contributed by atoms with Crippen LogP contribution in [-0.4, -0.2) is 34.0 Å². The zero-order valence-corrected chi connectivity index (χ0v) is 9.51. The lowest BCUT2D eigenvalue weighted by atomic mass is 9.99. The minimum Gasteiger partial charge on any atom is -0.481 e. The van der Waals surface area contributed by atoms with Crippen LogP contribution in [0, 0.1) is 18.8 Å². The predicted octanol–water partition coefficient (Wildman–Crippen LogP) is 1.14. The van der Waals surface area contributed by atoms with E-state index in [9.17, 15) is 4.79 Å². The van der Waals surface area contributed by atoms with Gasteiger partial charge in [-0.05, 0) is 12.8 Å². The number of carboxylic acid groups (broad SMARTS) is 1. The molecule has 0 unspecified atom stereocenters. The number of oxazole rings is 1. The zero-order valence-electron chi connectivity index (χ0n) is 9.51. The van der Waals surface area contributed by atoms with Gasteiger partial charge in [0, 0.05) is 19.6 Å². The van der Waals surface area contributed by atoms with Gasteiger partial charge in [-0.1, -0.05) is 6.92 Å². The lowest BCUT2D eigenvalue weighted by Crippen LogP contribution is -2.23. The van der Waals surface area contributed by atoms with E-state index < -0.39 is 5.97 Å². The number of hydrogen-bond donors (Lipinski definition) is 1. The van der Waals surface area contributed by atoms with Gasteiger partial charge in [-0.3, -0.25) is 9.69 Å². The molecule has 2 rings (SSSR count). The summed E-state index contributed by atoms with van der Waals surface area (Å²) < 4.78 is 5.12. The number of aryl methyl sites for hydroxylation is 1. The smallest absolute Gasteiger partial charge is 0.308 e. The highest BCUT2D eigenvalue weighted by Gasteiger charge is 2.34. The number of aliphatic carboxylic acids is 1. The molecule has 1 aromatic heterocycles. The molecule has 0 spiro atoms. The van der Waals surface area contributed by atoms with Gasteiger partial charge in [0.2, 0.25) is 0 Å². The van der Waals surface area contributed by atoms with Crippen molar-refractivity contribution in [3.63, 3.8) is 0 Å². The summed E-state index contributed by atoms with van der Waals surface area (Å²) in [7, 11) is 0. The Morgan fingerprint density at radius 1 is 1.69 bits per heavy atom. The molecule has 1 aromatic rings. The van der Waals surface area contributed by atoms with Crippen LogP contribution in [0.25, 0.3) is 0 Å². The van der Waals surface area contributed by atoms with Crippen molar-refractivity contribution in [3.8, 4) is 0 Å². The van der Waals surface area contributed by atoms with Gasteiger partial charge in [0.25, 0.3) is 0 Å². The molecular formula is C11H16N2O3. The second kappa shape index (κ2) is 4.25. The van der Waals surface area contributed by atoms with Crippen LogP contribution < -0.4 is 0 Å². The Morgan fingerprint density at radius 3 is 2.94 bits per heavy atom. The van der Waals surface area contributed by atoms with E-state index in [-0.39, 0.29) is 11.8 Å². The van der Waals surface area contributed by atoms with Crippen molar-refractivity contribution in [1.29, 1.82) is 0 Å². The Kier molecular flexibility index (Phi) is 2.96. The van der Waals surface area contributed by atoms with Crippen molar-refractivity contribution in [3.05, 3.63) is 17.8 Å². The van der Waals surface area contributed by atoms with Crippen LogP contribution >= 0.6 is 0 Å². The second-order valence-electron chi connectivity index (χ2n) is 4.47. The molecule has 1 fully saturated rings. The summed E-state index contributed by atoms with van der Waals surface area (Å²) >= 11 is 0. The van der Waals surface area contributed by atoms with Gasteiger partial charge in [-0.25, -0.2) is 4.98 Å². The SMILES string of the molecule is Cc1ocnc1CN1C[C@@H](C)[C@H](C(=O)O)C1. The van der Waals surface area contributed by atoms with Crippen LogP contribution in [0.5, 0.6) is 0 Å². The highest BCUT2D eigenvalue weighted by molar-refractivity contribution is 5.71. The summed E-state index contributed by atoms with van der Waals surface area (Å²) in [5.74, 6) is 0.0511. The van der Waals surface area contributed by atoms with E-state index in [1.807, 2.05) is 13.8 Å². The normalized spacial score (nSPS) is 26.1. The van der Waals surface area contributed by atoms with E-state index in [4.69, 9.17) is 9.52 Å². The number of aromatic nitrogens is 1. The third kappa shape index (κ3) is 2.09. The number of hydrogen-bond acceptors (Lipinski definition) is 4. The molecule has 0 saturated carbocycles. The number of nitrogens with zero attached hydrogens (tertiary/aromatic N) is 2. The third-order valence-corrected chi connectivity index (χ3v) is 3.22. The molecule has 0 amide bonds. The van der Waals surface area contributed by atoms with E-state index in [1.54, 1.807) is 0 Å². The summed E-state index contributed by atoms with van der Waals surface area (Å²) in [4.78, 5) is 17.2. The summed E-state index contributed by atoms with van der Waals surface area (Å²) in [5.41, 5.74) is 0.901. The zero-order chi connectivity index (χ0) is 11.7. The first kappa shape index (κ1) is 11.1. The van der Waals surface area contributed by atoms with E-state index in [2.05, 4.69) is 9.88 Å². The Labute approximate surface area is 94.1 Å². The first-order chi connectivity index (χ1) is 7.58. The molecule has 5 nitrogen and oxygen atoms in total. The quantitative estimate of drug-likeness (QED) is 0.833. The van der Waals surface area contributed by atoms with Gasteiger partial charge in [-0.2, -0.15) is 0 Å². The topological polar surface area (TPSA) is 66.6 Å². The summed E-state index contributed by atoms with van der Waals surface area (Å²) in [6.07, 6.45) is 1.43. The summed E-state index contributed by atoms with van der Waals surface area (Å²) in [6, 6.07) is 0. The van der Waals surface area contributed by atoms with Crippen LogP contribution in [0.3, 0.4) is 0 Å². The Bertz CT molecular complexity index is 388. The van der Waals surface area contributed by atoms with Gasteiger partial charge >= 0.3 is 5.97 Å². The third-order valence-electron chi connectivity index (χ3n) is 3.22. The first-order valence-corrected chi connectivity index (χ1v) is 5.42. The fraction of sp³-hybridized carbons (Fsp3) is 0.636. The Balaban J connectivity index is 1.99. The lowest BCUT2D eigenvalue weighted by Gasteiger charge is -2.13. The minimum absolute atomic E-state index is 0.199. The van der Waals surface area contributed by atoms with Crippen molar-refractivity contribution in [2.24, 2.45) is 11.8 Å². The van der Waals surface area contributed by atoms with Gasteiger partial charge in [0.05, 0.1) is 11.6 Å². The molecule has 0 radical (unpaired) electrons. The maximum absolute atomic E-state index is 11.0. The molecule has 2 heterocycles. The number of likely N-dealkylation sites (tertiary alicyclic amines) is 1. The standard InChI is InChI=1S/C11H16N2O3/c1-7-3-13(4-9(7)11(14)15)5-10-8(2)16-6-12-10/h6-7,9H,3-5H2,1-2H3,(H,14,15)/t7-,9-/m1/s1. The van der Waals surface area contributed by atoms with Gasteiger partial charge in [0.15, 0.2) is 6.39 Å². The molecule has 88 valence electrons. The van der Waals surface area contributed by atoms with Gasteiger partial charge in [0.1, 0.15) is 5.76 Å². The minimum atomic E-state index is -0.702. The molecule has 1 aliphatic rings. The van der Waals surface area contributed by atoms with Crippen LogP contribution in [0.15, 0.2) is 10.8 Å². The maximum Gasteiger partial charge on any atom is 0.308 e. The van der Waals surface area contributed by atoms with Crippen LogP contribution in [0.4, 0.5) is 0 Å². The van der Waals surface area contributed by atoms with E-state index in [1.165, 1.54) is 6.39 Å². The molecular weight excluding hydrogens is 208 g/mol. The summed E-state index contributed by atoms with van der Waals surface area (Å²) in [5, 5.41) is 9.02. The second-order valence-corrected chi connectivity index (χ2v) is 4.47. The van der Waals surface area contributed by atoms with E-state index in [0.717, 1.165) is 18.0 Å². The average molecular weight is 224 g/mol. The highest BCUT2D eigenvalue weighted by atomic mass is 16.4. The number of carboxylic acids is 1. The van der Waals surface area contributed by atoms with Crippen LogP contribution in [-0.2, 0) is 11.3 Å². The van der Waals surface area contributed by atoms with Crippen molar-refractivity contribution < 1.29 is 14.3 Å². The van der Waals surface area contributed by atoms with Gasteiger partial charge in [-0.15, -0.1) is 0 Å². The van der Waals surface area contributed by atoms with Crippen molar-refractivity contribution in [2.75, 3.05) is 13.1 Å². The first-order valence-electron chi connectivity index (χ1n) is 5.42. The maximum atomic E-state index is 11.0. The summed E-state index contributed by atoms with van der Waals surface area (Å²) in [6.45, 7) is 5.94.